The van der Waals surface area contributed by atoms with E-state index in [9.17, 15) is 5.26 Å². The monoisotopic (exact) mass is 457 g/mol. The fraction of sp³-hybridized carbons (Fsp3) is 0.0345. The van der Waals surface area contributed by atoms with E-state index in [0.717, 1.165) is 23.0 Å². The van der Waals surface area contributed by atoms with Gasteiger partial charge in [0.1, 0.15) is 17.4 Å². The van der Waals surface area contributed by atoms with Crippen molar-refractivity contribution in [1.29, 1.82) is 5.26 Å². The maximum atomic E-state index is 9.99. The number of furan rings is 3. The number of nitrogens with zero attached hydrogens (tertiary/aromatic N) is 3. The summed E-state index contributed by atoms with van der Waals surface area (Å²) in [5.41, 5.74) is 4.05. The predicted octanol–water partition coefficient (Wildman–Crippen LogP) is 7.42. The molecule has 0 aliphatic carbocycles. The first-order valence-electron chi connectivity index (χ1n) is 11.1. The molecule has 0 aliphatic rings. The Kier molecular flexibility index (Phi) is 5.13. The third kappa shape index (κ3) is 3.75. The van der Waals surface area contributed by atoms with Crippen molar-refractivity contribution >= 4 is 23.0 Å². The third-order valence-electron chi connectivity index (χ3n) is 5.85. The minimum Gasteiger partial charge on any atom is -0.464 e. The van der Waals surface area contributed by atoms with Gasteiger partial charge in [0.05, 0.1) is 18.1 Å². The molecule has 0 atom stereocenters. The molecule has 168 valence electrons. The van der Waals surface area contributed by atoms with E-state index >= 15 is 0 Å². The molecule has 2 aromatic carbocycles. The average Bonchev–Trinajstić information content (AvgIpc) is 3.70. The second-order valence-corrected chi connectivity index (χ2v) is 8.03. The van der Waals surface area contributed by atoms with Crippen LogP contribution in [0.25, 0.3) is 33.7 Å². The Morgan fingerprint density at radius 3 is 2.34 bits per heavy atom. The number of hydrogen-bond donors (Lipinski definition) is 0. The first-order valence-corrected chi connectivity index (χ1v) is 11.1. The molecule has 4 heterocycles. The minimum atomic E-state index is 0.199. The van der Waals surface area contributed by atoms with Crippen molar-refractivity contribution in [1.82, 2.24) is 4.57 Å². The standard InChI is InChI=1S/C29H19N3O3/c30-16-23-27(25-12-6-14-33-25)28(26-13-7-15-34-26)35-29(23)31-17-21-19-32(18-20-8-2-1-3-9-20)24-11-5-4-10-22(21)24/h1-15,17,19H,18H2. The highest BCUT2D eigenvalue weighted by Gasteiger charge is 2.26. The molecule has 0 radical (unpaired) electrons. The van der Waals surface area contributed by atoms with E-state index in [-0.39, 0.29) is 11.4 Å². The lowest BCUT2D eigenvalue weighted by molar-refractivity contribution is 0.527. The molecule has 0 saturated carbocycles. The minimum absolute atomic E-state index is 0.199. The van der Waals surface area contributed by atoms with Crippen LogP contribution >= 0.6 is 0 Å². The van der Waals surface area contributed by atoms with Crippen LogP contribution in [0.1, 0.15) is 16.7 Å². The molecular weight excluding hydrogens is 438 g/mol. The summed E-state index contributed by atoms with van der Waals surface area (Å²) < 4.78 is 19.4. The second kappa shape index (κ2) is 8.73. The number of fused-ring (bicyclic) bond motifs is 1. The molecule has 0 saturated heterocycles. The third-order valence-corrected chi connectivity index (χ3v) is 5.85. The number of aliphatic imine (C=N–C) groups is 1. The summed E-state index contributed by atoms with van der Waals surface area (Å²) >= 11 is 0. The second-order valence-electron chi connectivity index (χ2n) is 8.03. The topological polar surface area (TPSA) is 80.5 Å². The van der Waals surface area contributed by atoms with Crippen LogP contribution in [0.4, 0.5) is 5.88 Å². The van der Waals surface area contributed by atoms with E-state index in [0.29, 0.717) is 22.8 Å². The van der Waals surface area contributed by atoms with Crippen molar-refractivity contribution in [3.63, 3.8) is 0 Å². The number of nitriles is 1. The van der Waals surface area contributed by atoms with Crippen LogP contribution < -0.4 is 0 Å². The van der Waals surface area contributed by atoms with E-state index in [4.69, 9.17) is 13.3 Å². The van der Waals surface area contributed by atoms with Gasteiger partial charge in [-0.3, -0.25) is 0 Å². The molecule has 35 heavy (non-hydrogen) atoms. The van der Waals surface area contributed by atoms with Crippen LogP contribution in [0, 0.1) is 11.3 Å². The van der Waals surface area contributed by atoms with Gasteiger partial charge in [-0.25, -0.2) is 4.99 Å². The number of para-hydroxylation sites is 1. The highest BCUT2D eigenvalue weighted by Crippen LogP contribution is 2.42. The van der Waals surface area contributed by atoms with Crippen LogP contribution in [-0.2, 0) is 6.54 Å². The molecule has 0 fully saturated rings. The Hall–Kier alpha value is -5.02. The van der Waals surface area contributed by atoms with Gasteiger partial charge in [-0.05, 0) is 35.9 Å². The molecule has 4 aromatic heterocycles. The molecule has 0 amide bonds. The average molecular weight is 457 g/mol. The fourth-order valence-corrected chi connectivity index (χ4v) is 4.27. The Labute approximate surface area is 201 Å². The Morgan fingerprint density at radius 1 is 0.857 bits per heavy atom. The quantitative estimate of drug-likeness (QED) is 0.244. The maximum absolute atomic E-state index is 9.99. The number of aromatic nitrogens is 1. The summed E-state index contributed by atoms with van der Waals surface area (Å²) in [6.45, 7) is 0.741. The summed E-state index contributed by atoms with van der Waals surface area (Å²) in [5.74, 6) is 1.61. The normalized spacial score (nSPS) is 11.4. The van der Waals surface area contributed by atoms with E-state index in [1.165, 1.54) is 5.56 Å². The molecular formula is C29H19N3O3. The highest BCUT2D eigenvalue weighted by molar-refractivity contribution is 6.00. The van der Waals surface area contributed by atoms with Gasteiger partial charge in [0.25, 0.3) is 0 Å². The van der Waals surface area contributed by atoms with E-state index < -0.39 is 0 Å². The van der Waals surface area contributed by atoms with Gasteiger partial charge in [-0.1, -0.05) is 48.5 Å². The zero-order valence-electron chi connectivity index (χ0n) is 18.6. The van der Waals surface area contributed by atoms with Crippen molar-refractivity contribution in [2.24, 2.45) is 4.99 Å². The molecule has 0 bridgehead atoms. The highest BCUT2D eigenvalue weighted by atomic mass is 16.4. The van der Waals surface area contributed by atoms with Crippen molar-refractivity contribution in [2.45, 2.75) is 6.54 Å². The summed E-state index contributed by atoms with van der Waals surface area (Å²) in [6, 6.07) is 27.8. The van der Waals surface area contributed by atoms with Crippen LogP contribution in [0.5, 0.6) is 0 Å². The lowest BCUT2D eigenvalue weighted by atomic mass is 10.1. The molecule has 0 unspecified atom stereocenters. The molecule has 6 nitrogen and oxygen atoms in total. The Bertz CT molecular complexity index is 1660. The van der Waals surface area contributed by atoms with E-state index in [1.807, 2.05) is 30.3 Å². The zero-order valence-corrected chi connectivity index (χ0v) is 18.6. The van der Waals surface area contributed by atoms with E-state index in [1.54, 1.807) is 43.0 Å². The first kappa shape index (κ1) is 20.6. The molecule has 0 spiro atoms. The fourth-order valence-electron chi connectivity index (χ4n) is 4.27. The number of rotatable bonds is 6. The maximum Gasteiger partial charge on any atom is 0.238 e. The smallest absolute Gasteiger partial charge is 0.238 e. The van der Waals surface area contributed by atoms with Gasteiger partial charge < -0.3 is 17.8 Å². The van der Waals surface area contributed by atoms with Gasteiger partial charge in [-0.2, -0.15) is 5.26 Å². The predicted molar refractivity (Wildman–Crippen MR) is 134 cm³/mol. The number of benzene rings is 2. The van der Waals surface area contributed by atoms with Crippen LogP contribution in [-0.4, -0.2) is 10.8 Å². The van der Waals surface area contributed by atoms with Crippen LogP contribution in [0.15, 0.2) is 116 Å². The van der Waals surface area contributed by atoms with Gasteiger partial charge in [-0.15, -0.1) is 0 Å². The Balaban J connectivity index is 1.44. The van der Waals surface area contributed by atoms with Gasteiger partial charge in [0.2, 0.25) is 5.88 Å². The number of hydrogen-bond acceptors (Lipinski definition) is 5. The Morgan fingerprint density at radius 2 is 1.60 bits per heavy atom. The summed E-state index contributed by atoms with van der Waals surface area (Å²) in [5, 5.41) is 11.1. The largest absolute Gasteiger partial charge is 0.464 e. The lowest BCUT2D eigenvalue weighted by Crippen LogP contribution is -1.97. The van der Waals surface area contributed by atoms with E-state index in [2.05, 4.69) is 46.1 Å². The first-order chi connectivity index (χ1) is 17.3. The molecule has 6 rings (SSSR count). The van der Waals surface area contributed by atoms with Crippen molar-refractivity contribution in [3.8, 4) is 28.9 Å². The van der Waals surface area contributed by atoms with Crippen molar-refractivity contribution in [2.75, 3.05) is 0 Å². The summed E-state index contributed by atoms with van der Waals surface area (Å²) in [4.78, 5) is 4.61. The van der Waals surface area contributed by atoms with Gasteiger partial charge in [0.15, 0.2) is 11.5 Å². The molecule has 6 heteroatoms. The summed E-state index contributed by atoms with van der Waals surface area (Å²) in [6.07, 6.45) is 6.92. The lowest BCUT2D eigenvalue weighted by Gasteiger charge is -2.05. The van der Waals surface area contributed by atoms with Gasteiger partial charge in [0, 0.05) is 35.4 Å². The molecule has 0 N–H and O–H groups in total. The summed E-state index contributed by atoms with van der Waals surface area (Å²) in [7, 11) is 0. The van der Waals surface area contributed by atoms with Crippen LogP contribution in [0.2, 0.25) is 0 Å². The van der Waals surface area contributed by atoms with Crippen molar-refractivity contribution < 1.29 is 13.3 Å². The molecule has 6 aromatic rings. The van der Waals surface area contributed by atoms with Crippen LogP contribution in [0.3, 0.4) is 0 Å². The van der Waals surface area contributed by atoms with Crippen molar-refractivity contribution in [3.05, 3.63) is 114 Å². The van der Waals surface area contributed by atoms with Gasteiger partial charge >= 0.3 is 0 Å². The molecule has 0 aliphatic heterocycles. The zero-order chi connectivity index (χ0) is 23.6. The SMILES string of the molecule is N#Cc1c(N=Cc2cn(Cc3ccccc3)c3ccccc23)oc(-c2ccco2)c1-c1ccco1.